The number of benzene rings is 1. The van der Waals surface area contributed by atoms with Crippen molar-refractivity contribution in [2.45, 2.75) is 32.6 Å². The summed E-state index contributed by atoms with van der Waals surface area (Å²) in [5.41, 5.74) is 3.17. The molecule has 0 saturated carbocycles. The van der Waals surface area contributed by atoms with Crippen LogP contribution in [-0.2, 0) is 11.2 Å². The molecule has 0 fully saturated rings. The largest absolute Gasteiger partial charge is 0.493 e. The number of H-pyrrole nitrogens is 1. The van der Waals surface area contributed by atoms with Gasteiger partial charge in [-0.1, -0.05) is 0 Å². The lowest BCUT2D eigenvalue weighted by molar-refractivity contribution is -0.116. The SMILES string of the molecule is CCN(C(C)=O)c1ccc2c(c1)C(Cc1c[nH]cn1)CCO2. The van der Waals surface area contributed by atoms with Gasteiger partial charge in [-0.2, -0.15) is 0 Å². The summed E-state index contributed by atoms with van der Waals surface area (Å²) in [6.45, 7) is 4.98. The first-order chi connectivity index (χ1) is 10.7. The highest BCUT2D eigenvalue weighted by Gasteiger charge is 2.24. The second kappa shape index (κ2) is 6.22. The Balaban J connectivity index is 1.92. The molecule has 5 heteroatoms. The lowest BCUT2D eigenvalue weighted by Gasteiger charge is -2.28. The molecule has 1 aliphatic rings. The van der Waals surface area contributed by atoms with E-state index in [-0.39, 0.29) is 5.91 Å². The summed E-state index contributed by atoms with van der Waals surface area (Å²) in [4.78, 5) is 20.9. The first-order valence-corrected chi connectivity index (χ1v) is 7.71. The third-order valence-electron chi connectivity index (χ3n) is 4.18. The minimum Gasteiger partial charge on any atom is -0.493 e. The van der Waals surface area contributed by atoms with Crippen LogP contribution in [-0.4, -0.2) is 29.0 Å². The van der Waals surface area contributed by atoms with Crippen LogP contribution in [0.5, 0.6) is 5.75 Å². The van der Waals surface area contributed by atoms with E-state index in [1.165, 1.54) is 5.56 Å². The van der Waals surface area contributed by atoms with Crippen molar-refractivity contribution in [2.24, 2.45) is 0 Å². The van der Waals surface area contributed by atoms with Gasteiger partial charge in [-0.3, -0.25) is 4.79 Å². The van der Waals surface area contributed by atoms with Crippen molar-refractivity contribution in [2.75, 3.05) is 18.1 Å². The van der Waals surface area contributed by atoms with Crippen LogP contribution in [0.2, 0.25) is 0 Å². The zero-order valence-electron chi connectivity index (χ0n) is 13.0. The van der Waals surface area contributed by atoms with Crippen LogP contribution < -0.4 is 9.64 Å². The number of nitrogens with one attached hydrogen (secondary N) is 1. The van der Waals surface area contributed by atoms with Crippen LogP contribution in [0.4, 0.5) is 5.69 Å². The van der Waals surface area contributed by atoms with Crippen LogP contribution >= 0.6 is 0 Å². The monoisotopic (exact) mass is 299 g/mol. The molecule has 3 rings (SSSR count). The van der Waals surface area contributed by atoms with Gasteiger partial charge < -0.3 is 14.6 Å². The molecule has 1 aromatic carbocycles. The van der Waals surface area contributed by atoms with Crippen LogP contribution in [0.3, 0.4) is 0 Å². The predicted molar refractivity (Wildman–Crippen MR) is 85.3 cm³/mol. The number of aromatic nitrogens is 2. The molecular formula is C17H21N3O2. The number of amides is 1. The Hall–Kier alpha value is -2.30. The molecular weight excluding hydrogens is 278 g/mol. The molecule has 1 amide bonds. The van der Waals surface area contributed by atoms with Gasteiger partial charge in [-0.15, -0.1) is 0 Å². The van der Waals surface area contributed by atoms with E-state index in [9.17, 15) is 4.79 Å². The van der Waals surface area contributed by atoms with E-state index in [0.717, 1.165) is 36.6 Å². The third kappa shape index (κ3) is 2.84. The van der Waals surface area contributed by atoms with Crippen LogP contribution in [0.15, 0.2) is 30.7 Å². The lowest BCUT2D eigenvalue weighted by atomic mass is 9.89. The lowest BCUT2D eigenvalue weighted by Crippen LogP contribution is -2.28. The number of carbonyl (C=O) groups excluding carboxylic acids is 1. The summed E-state index contributed by atoms with van der Waals surface area (Å²) in [7, 11) is 0. The fourth-order valence-electron chi connectivity index (χ4n) is 3.07. The number of fused-ring (bicyclic) bond motifs is 1. The molecule has 1 atom stereocenters. The molecule has 0 saturated heterocycles. The van der Waals surface area contributed by atoms with E-state index in [0.29, 0.717) is 12.5 Å². The van der Waals surface area contributed by atoms with E-state index < -0.39 is 0 Å². The normalized spacial score (nSPS) is 16.7. The third-order valence-corrected chi connectivity index (χ3v) is 4.18. The smallest absolute Gasteiger partial charge is 0.223 e. The van der Waals surface area contributed by atoms with Crippen molar-refractivity contribution < 1.29 is 9.53 Å². The van der Waals surface area contributed by atoms with Gasteiger partial charge in [0.2, 0.25) is 5.91 Å². The number of imidazole rings is 1. The standard InChI is InChI=1S/C17H21N3O2/c1-3-20(12(2)21)15-4-5-17-16(9-15)13(6-7-22-17)8-14-10-18-11-19-14/h4-5,9-11,13H,3,6-8H2,1-2H3,(H,18,19). The molecule has 2 aromatic rings. The maximum atomic E-state index is 11.8. The quantitative estimate of drug-likeness (QED) is 0.944. The first kappa shape index (κ1) is 14.6. The molecule has 1 unspecified atom stereocenters. The molecule has 0 radical (unpaired) electrons. The molecule has 22 heavy (non-hydrogen) atoms. The minimum absolute atomic E-state index is 0.0584. The molecule has 1 aliphatic heterocycles. The van der Waals surface area contributed by atoms with Crippen molar-refractivity contribution in [3.05, 3.63) is 42.0 Å². The summed E-state index contributed by atoms with van der Waals surface area (Å²) >= 11 is 0. The molecule has 0 spiro atoms. The van der Waals surface area contributed by atoms with Crippen molar-refractivity contribution in [3.8, 4) is 5.75 Å². The topological polar surface area (TPSA) is 58.2 Å². The second-order valence-electron chi connectivity index (χ2n) is 5.58. The summed E-state index contributed by atoms with van der Waals surface area (Å²) in [5, 5.41) is 0. The van der Waals surface area contributed by atoms with E-state index in [1.807, 2.05) is 25.3 Å². The Morgan fingerprint density at radius 1 is 1.50 bits per heavy atom. The van der Waals surface area contributed by atoms with Gasteiger partial charge in [0.15, 0.2) is 0 Å². The van der Waals surface area contributed by atoms with E-state index in [4.69, 9.17) is 4.74 Å². The summed E-state index contributed by atoms with van der Waals surface area (Å²) in [6.07, 6.45) is 5.50. The molecule has 2 heterocycles. The number of carbonyl (C=O) groups is 1. The number of aromatic amines is 1. The number of hydrogen-bond donors (Lipinski definition) is 1. The minimum atomic E-state index is 0.0584. The van der Waals surface area contributed by atoms with Crippen molar-refractivity contribution in [1.29, 1.82) is 0 Å². The fourth-order valence-corrected chi connectivity index (χ4v) is 3.07. The molecule has 0 bridgehead atoms. The Morgan fingerprint density at radius 2 is 2.36 bits per heavy atom. The molecule has 1 aromatic heterocycles. The van der Waals surface area contributed by atoms with Gasteiger partial charge in [0, 0.05) is 25.4 Å². The average Bonchev–Trinajstić information content (AvgIpc) is 3.01. The number of rotatable bonds is 4. The van der Waals surface area contributed by atoms with Gasteiger partial charge in [-0.25, -0.2) is 4.98 Å². The van der Waals surface area contributed by atoms with Gasteiger partial charge >= 0.3 is 0 Å². The number of hydrogen-bond acceptors (Lipinski definition) is 3. The highest BCUT2D eigenvalue weighted by molar-refractivity contribution is 5.91. The molecule has 5 nitrogen and oxygen atoms in total. The van der Waals surface area contributed by atoms with E-state index in [2.05, 4.69) is 16.0 Å². The van der Waals surface area contributed by atoms with E-state index >= 15 is 0 Å². The Bertz CT molecular complexity index is 652. The number of nitrogens with zero attached hydrogens (tertiary/aromatic N) is 2. The highest BCUT2D eigenvalue weighted by atomic mass is 16.5. The Labute approximate surface area is 130 Å². The molecule has 1 N–H and O–H groups in total. The van der Waals surface area contributed by atoms with Crippen molar-refractivity contribution >= 4 is 11.6 Å². The van der Waals surface area contributed by atoms with Crippen LogP contribution in [0.25, 0.3) is 0 Å². The number of anilines is 1. The number of ether oxygens (including phenoxy) is 1. The summed E-state index contributed by atoms with van der Waals surface area (Å²) in [6, 6.07) is 6.03. The van der Waals surface area contributed by atoms with E-state index in [1.54, 1.807) is 18.2 Å². The maximum absolute atomic E-state index is 11.8. The fraction of sp³-hybridized carbons (Fsp3) is 0.412. The van der Waals surface area contributed by atoms with Gasteiger partial charge in [0.1, 0.15) is 5.75 Å². The van der Waals surface area contributed by atoms with Crippen LogP contribution in [0.1, 0.15) is 37.4 Å². The zero-order chi connectivity index (χ0) is 15.5. The van der Waals surface area contributed by atoms with Gasteiger partial charge in [0.25, 0.3) is 0 Å². The van der Waals surface area contributed by atoms with Crippen molar-refractivity contribution in [3.63, 3.8) is 0 Å². The Kier molecular flexibility index (Phi) is 4.13. The summed E-state index contributed by atoms with van der Waals surface area (Å²) in [5.74, 6) is 1.36. The molecule has 116 valence electrons. The van der Waals surface area contributed by atoms with Crippen molar-refractivity contribution in [1.82, 2.24) is 9.97 Å². The second-order valence-corrected chi connectivity index (χ2v) is 5.58. The van der Waals surface area contributed by atoms with Gasteiger partial charge in [-0.05, 0) is 49.4 Å². The first-order valence-electron chi connectivity index (χ1n) is 7.71. The van der Waals surface area contributed by atoms with Crippen LogP contribution in [0, 0.1) is 0 Å². The highest BCUT2D eigenvalue weighted by Crippen LogP contribution is 2.38. The maximum Gasteiger partial charge on any atom is 0.223 e. The molecule has 0 aliphatic carbocycles. The van der Waals surface area contributed by atoms with Gasteiger partial charge in [0.05, 0.1) is 18.6 Å². The predicted octanol–water partition coefficient (Wildman–Crippen LogP) is 2.89. The average molecular weight is 299 g/mol. The summed E-state index contributed by atoms with van der Waals surface area (Å²) < 4.78 is 5.77. The zero-order valence-corrected chi connectivity index (χ0v) is 13.0. The Morgan fingerprint density at radius 3 is 3.05 bits per heavy atom.